The lowest BCUT2D eigenvalue weighted by Crippen LogP contribution is -2.35. The highest BCUT2D eigenvalue weighted by Crippen LogP contribution is 2.40. The molecule has 4 rings (SSSR count). The molecule has 7 heteroatoms. The van der Waals surface area contributed by atoms with Crippen LogP contribution >= 0.6 is 0 Å². The van der Waals surface area contributed by atoms with Crippen molar-refractivity contribution in [1.82, 2.24) is 4.31 Å². The summed E-state index contributed by atoms with van der Waals surface area (Å²) in [6.45, 7) is 4.58. The number of hydrogen-bond donors (Lipinski definition) is 1. The number of benzene rings is 3. The van der Waals surface area contributed by atoms with Crippen LogP contribution in [0.15, 0.2) is 71.6 Å². The molecule has 0 radical (unpaired) electrons. The summed E-state index contributed by atoms with van der Waals surface area (Å²) in [6.07, 6.45) is 4.07. The van der Waals surface area contributed by atoms with Gasteiger partial charge in [-0.1, -0.05) is 44.5 Å². The third-order valence-corrected chi connectivity index (χ3v) is 8.72. The molecule has 1 amide bonds. The summed E-state index contributed by atoms with van der Waals surface area (Å²) in [5.41, 5.74) is 4.33. The fraction of sp³-hybridized carbons (Fsp3) is 0.345. The predicted octanol–water partition coefficient (Wildman–Crippen LogP) is 5.99. The van der Waals surface area contributed by atoms with E-state index in [-0.39, 0.29) is 11.9 Å². The minimum atomic E-state index is -3.68. The maximum absolute atomic E-state index is 13.8. The van der Waals surface area contributed by atoms with Crippen molar-refractivity contribution in [2.75, 3.05) is 19.0 Å². The van der Waals surface area contributed by atoms with Gasteiger partial charge >= 0.3 is 0 Å². The van der Waals surface area contributed by atoms with E-state index >= 15 is 0 Å². The molecule has 1 atom stereocenters. The van der Waals surface area contributed by atoms with Gasteiger partial charge in [-0.3, -0.25) is 4.79 Å². The first-order valence-electron chi connectivity index (χ1n) is 12.6. The second-order valence-corrected chi connectivity index (χ2v) is 11.0. The van der Waals surface area contributed by atoms with Crippen LogP contribution in [0.3, 0.4) is 0 Å². The quantitative estimate of drug-likeness (QED) is 0.367. The van der Waals surface area contributed by atoms with Crippen LogP contribution in [0.2, 0.25) is 0 Å². The smallest absolute Gasteiger partial charge is 0.255 e. The molecular weight excluding hydrogens is 472 g/mol. The van der Waals surface area contributed by atoms with Gasteiger partial charge in [0.05, 0.1) is 18.0 Å². The van der Waals surface area contributed by atoms with E-state index in [0.717, 1.165) is 48.8 Å². The molecule has 36 heavy (non-hydrogen) atoms. The lowest BCUT2D eigenvalue weighted by molar-refractivity contribution is 0.102. The molecule has 0 fully saturated rings. The van der Waals surface area contributed by atoms with E-state index < -0.39 is 10.0 Å². The molecule has 6 nitrogen and oxygen atoms in total. The molecular formula is C29H34N2O4S. The largest absolute Gasteiger partial charge is 0.497 e. The maximum atomic E-state index is 13.8. The lowest BCUT2D eigenvalue weighted by atomic mass is 10.1. The van der Waals surface area contributed by atoms with Crippen molar-refractivity contribution in [3.8, 4) is 5.75 Å². The van der Waals surface area contributed by atoms with Gasteiger partial charge in [0.15, 0.2) is 0 Å². The second kappa shape index (κ2) is 11.3. The van der Waals surface area contributed by atoms with Crippen LogP contribution in [0.4, 0.5) is 5.69 Å². The summed E-state index contributed by atoms with van der Waals surface area (Å²) in [7, 11) is -2.12. The lowest BCUT2D eigenvalue weighted by Gasteiger charge is -2.29. The molecule has 0 saturated heterocycles. The van der Waals surface area contributed by atoms with Crippen molar-refractivity contribution in [1.29, 1.82) is 0 Å². The normalized spacial score (nSPS) is 15.1. The number of rotatable bonds is 10. The van der Waals surface area contributed by atoms with Gasteiger partial charge in [0.25, 0.3) is 5.91 Å². The van der Waals surface area contributed by atoms with Gasteiger partial charge in [-0.25, -0.2) is 8.42 Å². The van der Waals surface area contributed by atoms with Crippen LogP contribution in [-0.2, 0) is 22.9 Å². The van der Waals surface area contributed by atoms with Crippen molar-refractivity contribution in [3.05, 3.63) is 89.0 Å². The van der Waals surface area contributed by atoms with Gasteiger partial charge < -0.3 is 10.1 Å². The fourth-order valence-corrected chi connectivity index (χ4v) is 6.39. The van der Waals surface area contributed by atoms with E-state index in [4.69, 9.17) is 4.74 Å². The fourth-order valence-electron chi connectivity index (χ4n) is 4.71. The monoisotopic (exact) mass is 506 g/mol. The number of carbonyl (C=O) groups excluding carboxylic acids is 1. The summed E-state index contributed by atoms with van der Waals surface area (Å²) in [4.78, 5) is 13.2. The molecule has 1 N–H and O–H groups in total. The number of unbranched alkanes of at least 4 members (excludes halogenated alkanes) is 1. The first kappa shape index (κ1) is 25.9. The topological polar surface area (TPSA) is 75.7 Å². The number of carbonyl (C=O) groups is 1. The van der Waals surface area contributed by atoms with E-state index in [1.807, 2.05) is 30.3 Å². The highest BCUT2D eigenvalue weighted by Gasteiger charge is 2.36. The van der Waals surface area contributed by atoms with Crippen molar-refractivity contribution in [3.63, 3.8) is 0 Å². The molecule has 1 aliphatic rings. The molecule has 3 aromatic rings. The van der Waals surface area contributed by atoms with Crippen LogP contribution in [0, 0.1) is 0 Å². The van der Waals surface area contributed by atoms with Crippen LogP contribution in [0.25, 0.3) is 0 Å². The second-order valence-electron chi connectivity index (χ2n) is 9.12. The predicted molar refractivity (Wildman–Crippen MR) is 143 cm³/mol. The van der Waals surface area contributed by atoms with Crippen LogP contribution in [0.1, 0.15) is 66.2 Å². The van der Waals surface area contributed by atoms with Crippen LogP contribution < -0.4 is 10.1 Å². The third-order valence-electron chi connectivity index (χ3n) is 6.80. The number of anilines is 1. The molecule has 0 saturated carbocycles. The number of sulfonamides is 1. The van der Waals surface area contributed by atoms with Crippen molar-refractivity contribution >= 4 is 21.6 Å². The standard InChI is InChI=1S/C29H34N2O4S/c1-4-6-18-31(36(33,34)26-15-10-21(5-2)11-16-26)28-17-13-22-12-14-24(20-27(22)28)30-29(32)23-8-7-9-25(19-23)35-3/h7-12,14-16,19-20,28H,4-6,13,17-18H2,1-3H3,(H,30,32). The van der Waals surface area contributed by atoms with Gasteiger partial charge in [0, 0.05) is 17.8 Å². The van der Waals surface area contributed by atoms with Gasteiger partial charge in [-0.15, -0.1) is 0 Å². The van der Waals surface area contributed by atoms with Gasteiger partial charge in [-0.05, 0) is 84.8 Å². The number of hydrogen-bond acceptors (Lipinski definition) is 4. The summed E-state index contributed by atoms with van der Waals surface area (Å²) in [6, 6.07) is 19.7. The van der Waals surface area contributed by atoms with Gasteiger partial charge in [-0.2, -0.15) is 4.31 Å². The Labute approximate surface area is 214 Å². The molecule has 0 spiro atoms. The summed E-state index contributed by atoms with van der Waals surface area (Å²) in [5, 5.41) is 2.96. The molecule has 0 aromatic heterocycles. The first-order valence-corrected chi connectivity index (χ1v) is 14.0. The molecule has 0 heterocycles. The van der Waals surface area contributed by atoms with E-state index in [9.17, 15) is 13.2 Å². The van der Waals surface area contributed by atoms with Gasteiger partial charge in [0.1, 0.15) is 5.75 Å². The van der Waals surface area contributed by atoms with Crippen LogP contribution in [-0.4, -0.2) is 32.3 Å². The zero-order chi connectivity index (χ0) is 25.7. The number of amides is 1. The molecule has 190 valence electrons. The van der Waals surface area contributed by atoms with E-state index in [2.05, 4.69) is 19.2 Å². The Morgan fingerprint density at radius 3 is 2.53 bits per heavy atom. The first-order chi connectivity index (χ1) is 17.4. The number of nitrogens with zero attached hydrogens (tertiary/aromatic N) is 1. The zero-order valence-electron chi connectivity index (χ0n) is 21.2. The third kappa shape index (κ3) is 5.47. The zero-order valence-corrected chi connectivity index (χ0v) is 22.0. The summed E-state index contributed by atoms with van der Waals surface area (Å²) >= 11 is 0. The number of methoxy groups -OCH3 is 1. The highest BCUT2D eigenvalue weighted by atomic mass is 32.2. The summed E-state index contributed by atoms with van der Waals surface area (Å²) < 4.78 is 34.5. The number of fused-ring (bicyclic) bond motifs is 1. The molecule has 1 unspecified atom stereocenters. The number of aryl methyl sites for hydroxylation is 2. The van der Waals surface area contributed by atoms with Crippen LogP contribution in [0.5, 0.6) is 5.75 Å². The average Bonchev–Trinajstić information content (AvgIpc) is 3.31. The molecule has 3 aromatic carbocycles. The SMILES string of the molecule is CCCCN(C1CCc2ccc(NC(=O)c3cccc(OC)c3)cc21)S(=O)(=O)c1ccc(CC)cc1. The Morgan fingerprint density at radius 2 is 1.83 bits per heavy atom. The van der Waals surface area contributed by atoms with E-state index in [1.165, 1.54) is 0 Å². The Hall–Kier alpha value is -3.16. The molecule has 0 aliphatic heterocycles. The highest BCUT2D eigenvalue weighted by molar-refractivity contribution is 7.89. The Bertz CT molecular complexity index is 1320. The van der Waals surface area contributed by atoms with E-state index in [0.29, 0.717) is 28.4 Å². The Morgan fingerprint density at radius 1 is 1.06 bits per heavy atom. The minimum absolute atomic E-state index is 0.241. The number of ether oxygens (including phenoxy) is 1. The average molecular weight is 507 g/mol. The van der Waals surface area contributed by atoms with Crippen molar-refractivity contribution in [2.45, 2.75) is 56.9 Å². The number of nitrogens with one attached hydrogen (secondary N) is 1. The minimum Gasteiger partial charge on any atom is -0.497 e. The Kier molecular flexibility index (Phi) is 8.11. The van der Waals surface area contributed by atoms with Gasteiger partial charge in [0.2, 0.25) is 10.0 Å². The molecule has 1 aliphatic carbocycles. The maximum Gasteiger partial charge on any atom is 0.255 e. The summed E-state index contributed by atoms with van der Waals surface area (Å²) in [5.74, 6) is 0.371. The van der Waals surface area contributed by atoms with Crippen molar-refractivity contribution in [2.24, 2.45) is 0 Å². The van der Waals surface area contributed by atoms with Crippen molar-refractivity contribution < 1.29 is 17.9 Å². The molecule has 0 bridgehead atoms. The van der Waals surface area contributed by atoms with E-state index in [1.54, 1.807) is 47.8 Å². The Balaban J connectivity index is 1.63.